The van der Waals surface area contributed by atoms with Gasteiger partial charge in [-0.1, -0.05) is 12.1 Å². The first-order valence-electron chi connectivity index (χ1n) is 9.48. The number of nitrogens with zero attached hydrogens (tertiary/aromatic N) is 2. The lowest BCUT2D eigenvalue weighted by atomic mass is 10.0. The Morgan fingerprint density at radius 2 is 2.00 bits per heavy atom. The standard InChI is InChI=1S/C22H22BrN3O2/c1-13-10-19-20(11-14(13)2)26(22(28)15-6-5-9-17(15)24-19)12-21(27)25-18-8-4-3-7-16(18)23/h3-4,7-8,10-11,15H,5-6,9,12H2,1-2H3,(H,25,27)/t15-/m0/s1. The number of amides is 2. The molecule has 0 aromatic heterocycles. The molecule has 1 fully saturated rings. The van der Waals surface area contributed by atoms with Gasteiger partial charge in [0.2, 0.25) is 11.8 Å². The van der Waals surface area contributed by atoms with Crippen LogP contribution in [0.3, 0.4) is 0 Å². The normalized spacial score (nSPS) is 18.2. The first-order chi connectivity index (χ1) is 13.4. The molecule has 28 heavy (non-hydrogen) atoms. The Balaban J connectivity index is 1.68. The maximum Gasteiger partial charge on any atom is 0.244 e. The summed E-state index contributed by atoms with van der Waals surface area (Å²) in [6.45, 7) is 4.02. The minimum Gasteiger partial charge on any atom is -0.324 e. The van der Waals surface area contributed by atoms with Crippen molar-refractivity contribution in [2.45, 2.75) is 33.1 Å². The fraction of sp³-hybridized carbons (Fsp3) is 0.318. The summed E-state index contributed by atoms with van der Waals surface area (Å²) in [6, 6.07) is 11.4. The van der Waals surface area contributed by atoms with Gasteiger partial charge >= 0.3 is 0 Å². The highest BCUT2D eigenvalue weighted by atomic mass is 79.9. The molecule has 0 saturated heterocycles. The van der Waals surface area contributed by atoms with Crippen molar-refractivity contribution >= 4 is 50.5 Å². The second-order valence-electron chi connectivity index (χ2n) is 7.43. The van der Waals surface area contributed by atoms with Crippen LogP contribution in [-0.2, 0) is 9.59 Å². The highest BCUT2D eigenvalue weighted by Crippen LogP contribution is 2.39. The van der Waals surface area contributed by atoms with Gasteiger partial charge < -0.3 is 10.2 Å². The average Bonchev–Trinajstić information content (AvgIpc) is 3.09. The van der Waals surface area contributed by atoms with Crippen molar-refractivity contribution in [3.05, 3.63) is 52.0 Å². The molecule has 4 rings (SSSR count). The number of fused-ring (bicyclic) bond motifs is 2. The molecule has 1 saturated carbocycles. The second-order valence-corrected chi connectivity index (χ2v) is 8.28. The van der Waals surface area contributed by atoms with Gasteiger partial charge in [0.25, 0.3) is 0 Å². The van der Waals surface area contributed by atoms with E-state index in [2.05, 4.69) is 21.2 Å². The molecule has 1 N–H and O–H groups in total. The first-order valence-corrected chi connectivity index (χ1v) is 10.3. The summed E-state index contributed by atoms with van der Waals surface area (Å²) in [7, 11) is 0. The smallest absolute Gasteiger partial charge is 0.244 e. The molecule has 6 heteroatoms. The zero-order valence-corrected chi connectivity index (χ0v) is 17.5. The molecule has 0 spiro atoms. The van der Waals surface area contributed by atoms with Gasteiger partial charge in [-0.25, -0.2) is 0 Å². The molecule has 1 aliphatic heterocycles. The molecule has 0 bridgehead atoms. The number of benzene rings is 2. The Hall–Kier alpha value is -2.47. The topological polar surface area (TPSA) is 61.8 Å². The van der Waals surface area contributed by atoms with Crippen molar-refractivity contribution in [1.29, 1.82) is 0 Å². The summed E-state index contributed by atoms with van der Waals surface area (Å²) >= 11 is 3.44. The van der Waals surface area contributed by atoms with Gasteiger partial charge in [0.05, 0.1) is 23.0 Å². The minimum absolute atomic E-state index is 0.0273. The Bertz CT molecular complexity index is 999. The molecule has 1 atom stereocenters. The Morgan fingerprint density at radius 1 is 1.25 bits per heavy atom. The molecular weight excluding hydrogens is 418 g/mol. The average molecular weight is 440 g/mol. The van der Waals surface area contributed by atoms with E-state index in [1.54, 1.807) is 4.90 Å². The molecule has 2 aromatic carbocycles. The SMILES string of the molecule is Cc1cc2c(cc1C)N(CC(=O)Nc1ccccc1Br)C(=O)[C@H]1CCCC1=N2. The van der Waals surface area contributed by atoms with Crippen LogP contribution in [0.2, 0.25) is 0 Å². The van der Waals surface area contributed by atoms with E-state index in [-0.39, 0.29) is 24.3 Å². The maximum atomic E-state index is 13.3. The van der Waals surface area contributed by atoms with Gasteiger partial charge in [0.1, 0.15) is 6.54 Å². The van der Waals surface area contributed by atoms with Crippen LogP contribution in [0.5, 0.6) is 0 Å². The summed E-state index contributed by atoms with van der Waals surface area (Å²) in [5.74, 6) is -0.476. The van der Waals surface area contributed by atoms with E-state index in [0.29, 0.717) is 5.69 Å². The Labute approximate surface area is 173 Å². The van der Waals surface area contributed by atoms with Gasteiger partial charge in [0, 0.05) is 10.2 Å². The Kier molecular flexibility index (Phi) is 5.06. The lowest BCUT2D eigenvalue weighted by Crippen LogP contribution is -2.42. The predicted molar refractivity (Wildman–Crippen MR) is 115 cm³/mol. The van der Waals surface area contributed by atoms with E-state index in [4.69, 9.17) is 4.99 Å². The van der Waals surface area contributed by atoms with Crippen LogP contribution in [0.15, 0.2) is 45.9 Å². The van der Waals surface area contributed by atoms with Crippen LogP contribution >= 0.6 is 15.9 Å². The van der Waals surface area contributed by atoms with Crippen molar-refractivity contribution < 1.29 is 9.59 Å². The fourth-order valence-electron chi connectivity index (χ4n) is 3.84. The van der Waals surface area contributed by atoms with Gasteiger partial charge in [0.15, 0.2) is 0 Å². The van der Waals surface area contributed by atoms with Gasteiger partial charge in [-0.2, -0.15) is 0 Å². The van der Waals surface area contributed by atoms with Crippen LogP contribution in [-0.4, -0.2) is 24.1 Å². The highest BCUT2D eigenvalue weighted by molar-refractivity contribution is 9.10. The third kappa shape index (κ3) is 3.49. The molecule has 1 aliphatic carbocycles. The summed E-state index contributed by atoms with van der Waals surface area (Å²) in [4.78, 5) is 32.5. The van der Waals surface area contributed by atoms with Crippen LogP contribution in [0.4, 0.5) is 17.1 Å². The molecule has 2 aliphatic rings. The molecular formula is C22H22BrN3O2. The molecule has 144 valence electrons. The largest absolute Gasteiger partial charge is 0.324 e. The summed E-state index contributed by atoms with van der Waals surface area (Å²) < 4.78 is 0.804. The molecule has 2 aromatic rings. The van der Waals surface area contributed by atoms with Gasteiger partial charge in [-0.3, -0.25) is 14.6 Å². The quantitative estimate of drug-likeness (QED) is 0.736. The van der Waals surface area contributed by atoms with E-state index >= 15 is 0 Å². The fourth-order valence-corrected chi connectivity index (χ4v) is 4.22. The van der Waals surface area contributed by atoms with Crippen molar-refractivity contribution in [2.24, 2.45) is 10.9 Å². The van der Waals surface area contributed by atoms with E-state index in [9.17, 15) is 9.59 Å². The van der Waals surface area contributed by atoms with Crippen LogP contribution < -0.4 is 10.2 Å². The zero-order valence-electron chi connectivity index (χ0n) is 16.0. The van der Waals surface area contributed by atoms with E-state index < -0.39 is 0 Å². The molecule has 5 nitrogen and oxygen atoms in total. The number of nitrogens with one attached hydrogen (secondary N) is 1. The summed E-state index contributed by atoms with van der Waals surface area (Å²) in [6.07, 6.45) is 2.61. The van der Waals surface area contributed by atoms with Crippen LogP contribution in [0.25, 0.3) is 0 Å². The Morgan fingerprint density at radius 3 is 2.79 bits per heavy atom. The van der Waals surface area contributed by atoms with E-state index in [1.165, 1.54) is 0 Å². The van der Waals surface area contributed by atoms with Crippen molar-refractivity contribution in [3.63, 3.8) is 0 Å². The maximum absolute atomic E-state index is 13.3. The zero-order chi connectivity index (χ0) is 19.8. The van der Waals surface area contributed by atoms with Crippen LogP contribution in [0, 0.1) is 19.8 Å². The number of hydrogen-bond donors (Lipinski definition) is 1. The molecule has 2 amide bonds. The lowest BCUT2D eigenvalue weighted by Gasteiger charge is -2.25. The highest BCUT2D eigenvalue weighted by Gasteiger charge is 2.37. The van der Waals surface area contributed by atoms with E-state index in [0.717, 1.165) is 51.9 Å². The summed E-state index contributed by atoms with van der Waals surface area (Å²) in [5, 5.41) is 2.90. The number of hydrogen-bond acceptors (Lipinski definition) is 3. The number of carbonyl (C=O) groups excluding carboxylic acids is 2. The lowest BCUT2D eigenvalue weighted by molar-refractivity contribution is -0.122. The number of carbonyl (C=O) groups is 2. The number of halogens is 1. The van der Waals surface area contributed by atoms with Crippen molar-refractivity contribution in [2.75, 3.05) is 16.8 Å². The van der Waals surface area contributed by atoms with Crippen molar-refractivity contribution in [3.8, 4) is 0 Å². The van der Waals surface area contributed by atoms with Crippen molar-refractivity contribution in [1.82, 2.24) is 0 Å². The number of para-hydroxylation sites is 1. The third-order valence-corrected chi connectivity index (χ3v) is 6.18. The van der Waals surface area contributed by atoms with Crippen LogP contribution in [0.1, 0.15) is 30.4 Å². The van der Waals surface area contributed by atoms with Gasteiger partial charge in [-0.05, 0) is 84.4 Å². The molecule has 1 heterocycles. The number of rotatable bonds is 3. The molecule has 0 radical (unpaired) electrons. The number of aryl methyl sites for hydroxylation is 2. The number of anilines is 2. The third-order valence-electron chi connectivity index (χ3n) is 5.49. The van der Waals surface area contributed by atoms with Gasteiger partial charge in [-0.15, -0.1) is 0 Å². The monoisotopic (exact) mass is 439 g/mol. The number of aliphatic imine (C=N–C) groups is 1. The minimum atomic E-state index is -0.231. The summed E-state index contributed by atoms with van der Waals surface area (Å²) in [5.41, 5.74) is 5.34. The first kappa shape index (κ1) is 18.9. The molecule has 0 unspecified atom stereocenters. The predicted octanol–water partition coefficient (Wildman–Crippen LogP) is 4.92. The van der Waals surface area contributed by atoms with E-state index in [1.807, 2.05) is 50.2 Å². The second kappa shape index (κ2) is 7.51.